The summed E-state index contributed by atoms with van der Waals surface area (Å²) < 4.78 is 17.7. The highest BCUT2D eigenvalue weighted by Crippen LogP contribution is 2.38. The van der Waals surface area contributed by atoms with E-state index < -0.39 is 5.97 Å². The summed E-state index contributed by atoms with van der Waals surface area (Å²) in [6.45, 7) is 0.346. The van der Waals surface area contributed by atoms with Crippen molar-refractivity contribution >= 4 is 56.2 Å². The van der Waals surface area contributed by atoms with Crippen molar-refractivity contribution in [3.8, 4) is 11.5 Å². The van der Waals surface area contributed by atoms with Gasteiger partial charge in [0.25, 0.3) is 0 Å². The van der Waals surface area contributed by atoms with Crippen LogP contribution in [0.3, 0.4) is 0 Å². The SMILES string of the molecule is COc1cc(/C=C2\N=C(c3ccc4ccccc4c3)OC2=O)cc(Br)c1OCc1ccc(Cl)cc1. The van der Waals surface area contributed by atoms with E-state index >= 15 is 0 Å². The first-order valence-corrected chi connectivity index (χ1v) is 11.9. The number of nitrogens with zero attached hydrogens (tertiary/aromatic N) is 1. The number of rotatable bonds is 6. The molecule has 5 nitrogen and oxygen atoms in total. The second kappa shape index (κ2) is 9.94. The van der Waals surface area contributed by atoms with Gasteiger partial charge in [-0.1, -0.05) is 54.1 Å². The van der Waals surface area contributed by atoms with E-state index in [1.807, 2.05) is 72.8 Å². The molecule has 1 aliphatic rings. The van der Waals surface area contributed by atoms with Crippen LogP contribution in [0.5, 0.6) is 11.5 Å². The topological polar surface area (TPSA) is 57.1 Å². The van der Waals surface area contributed by atoms with E-state index in [1.165, 1.54) is 0 Å². The Morgan fingerprint density at radius 3 is 2.54 bits per heavy atom. The molecule has 0 saturated carbocycles. The van der Waals surface area contributed by atoms with Gasteiger partial charge in [0, 0.05) is 10.6 Å². The maximum absolute atomic E-state index is 12.5. The first-order chi connectivity index (χ1) is 17.0. The van der Waals surface area contributed by atoms with Crippen LogP contribution in [-0.2, 0) is 16.1 Å². The summed E-state index contributed by atoms with van der Waals surface area (Å²) in [5, 5.41) is 2.82. The van der Waals surface area contributed by atoms with Crippen molar-refractivity contribution in [3.05, 3.63) is 111 Å². The third-order valence-electron chi connectivity index (χ3n) is 5.47. The third-order valence-corrected chi connectivity index (χ3v) is 6.31. The van der Waals surface area contributed by atoms with E-state index in [0.29, 0.717) is 33.2 Å². The molecule has 0 aliphatic carbocycles. The van der Waals surface area contributed by atoms with Crippen LogP contribution < -0.4 is 9.47 Å². The van der Waals surface area contributed by atoms with Gasteiger partial charge in [0.1, 0.15) is 6.61 Å². The molecule has 0 amide bonds. The second-order valence-electron chi connectivity index (χ2n) is 7.85. The van der Waals surface area contributed by atoms with E-state index in [-0.39, 0.29) is 11.6 Å². The molecule has 1 aliphatic heterocycles. The number of hydrogen-bond donors (Lipinski definition) is 0. The summed E-state index contributed by atoms with van der Waals surface area (Å²) in [5.74, 6) is 0.844. The summed E-state index contributed by atoms with van der Waals surface area (Å²) in [6.07, 6.45) is 1.66. The van der Waals surface area contributed by atoms with Gasteiger partial charge in [0.15, 0.2) is 17.2 Å². The highest BCUT2D eigenvalue weighted by molar-refractivity contribution is 9.10. The molecule has 4 aromatic carbocycles. The van der Waals surface area contributed by atoms with Crippen molar-refractivity contribution in [2.24, 2.45) is 4.99 Å². The van der Waals surface area contributed by atoms with Crippen LogP contribution in [0.15, 0.2) is 94.0 Å². The number of fused-ring (bicyclic) bond motifs is 1. The Hall–Kier alpha value is -3.61. The predicted molar refractivity (Wildman–Crippen MR) is 141 cm³/mol. The van der Waals surface area contributed by atoms with Gasteiger partial charge in [-0.2, -0.15) is 0 Å². The van der Waals surface area contributed by atoms with Crippen LogP contribution in [-0.4, -0.2) is 19.0 Å². The fraction of sp³-hybridized carbons (Fsp3) is 0.0714. The first kappa shape index (κ1) is 23.1. The van der Waals surface area contributed by atoms with Crippen molar-refractivity contribution in [2.75, 3.05) is 7.11 Å². The monoisotopic (exact) mass is 547 g/mol. The molecule has 0 aromatic heterocycles. The van der Waals surface area contributed by atoms with E-state index in [9.17, 15) is 4.79 Å². The lowest BCUT2D eigenvalue weighted by molar-refractivity contribution is -0.129. The highest BCUT2D eigenvalue weighted by atomic mass is 79.9. The number of halogens is 2. The minimum absolute atomic E-state index is 0.206. The van der Waals surface area contributed by atoms with Crippen molar-refractivity contribution in [3.63, 3.8) is 0 Å². The molecule has 0 radical (unpaired) electrons. The molecule has 0 saturated heterocycles. The number of carbonyl (C=O) groups is 1. The summed E-state index contributed by atoms with van der Waals surface area (Å²) in [4.78, 5) is 17.0. The largest absolute Gasteiger partial charge is 0.493 e. The molecule has 174 valence electrons. The minimum Gasteiger partial charge on any atom is -0.493 e. The number of cyclic esters (lactones) is 1. The van der Waals surface area contributed by atoms with Crippen molar-refractivity contribution < 1.29 is 19.0 Å². The zero-order valence-corrected chi connectivity index (χ0v) is 21.0. The Kier molecular flexibility index (Phi) is 6.57. The maximum atomic E-state index is 12.5. The summed E-state index contributed by atoms with van der Waals surface area (Å²) in [6, 6.07) is 24.9. The van der Waals surface area contributed by atoms with Gasteiger partial charge >= 0.3 is 5.97 Å². The number of hydrogen-bond acceptors (Lipinski definition) is 5. The van der Waals surface area contributed by atoms with Crippen molar-refractivity contribution in [1.29, 1.82) is 0 Å². The molecule has 0 N–H and O–H groups in total. The van der Waals surface area contributed by atoms with E-state index in [1.54, 1.807) is 19.3 Å². The Balaban J connectivity index is 1.40. The minimum atomic E-state index is -0.508. The van der Waals surface area contributed by atoms with Crippen LogP contribution in [0.2, 0.25) is 5.02 Å². The van der Waals surface area contributed by atoms with Crippen LogP contribution in [0, 0.1) is 0 Å². The van der Waals surface area contributed by atoms with Gasteiger partial charge in [-0.05, 0) is 80.3 Å². The molecular weight excluding hydrogens is 530 g/mol. The van der Waals surface area contributed by atoms with Crippen LogP contribution >= 0.6 is 27.5 Å². The quantitative estimate of drug-likeness (QED) is 0.189. The molecular formula is C28H19BrClNO4. The number of benzene rings is 4. The molecule has 4 aromatic rings. The van der Waals surface area contributed by atoms with Crippen LogP contribution in [0.25, 0.3) is 16.8 Å². The van der Waals surface area contributed by atoms with Gasteiger partial charge < -0.3 is 14.2 Å². The normalized spacial score (nSPS) is 14.2. The predicted octanol–water partition coefficient (Wildman–Crippen LogP) is 7.19. The van der Waals surface area contributed by atoms with E-state index in [4.69, 9.17) is 25.8 Å². The Morgan fingerprint density at radius 2 is 1.77 bits per heavy atom. The maximum Gasteiger partial charge on any atom is 0.363 e. The lowest BCUT2D eigenvalue weighted by atomic mass is 10.1. The summed E-state index contributed by atoms with van der Waals surface area (Å²) >= 11 is 9.50. The molecule has 0 unspecified atom stereocenters. The number of esters is 1. The fourth-order valence-electron chi connectivity index (χ4n) is 3.71. The smallest absolute Gasteiger partial charge is 0.363 e. The molecule has 0 bridgehead atoms. The lowest BCUT2D eigenvalue weighted by Gasteiger charge is -2.14. The Labute approximate surface area is 215 Å². The average Bonchev–Trinajstić information content (AvgIpc) is 3.23. The molecule has 7 heteroatoms. The zero-order chi connectivity index (χ0) is 24.4. The summed E-state index contributed by atoms with van der Waals surface area (Å²) in [5.41, 5.74) is 2.63. The van der Waals surface area contributed by atoms with Gasteiger partial charge in [-0.15, -0.1) is 0 Å². The molecule has 35 heavy (non-hydrogen) atoms. The van der Waals surface area contributed by atoms with E-state index in [0.717, 1.165) is 21.9 Å². The lowest BCUT2D eigenvalue weighted by Crippen LogP contribution is -2.05. The Morgan fingerprint density at radius 1 is 1.00 bits per heavy atom. The third kappa shape index (κ3) is 5.09. The Bertz CT molecular complexity index is 1500. The molecule has 0 fully saturated rings. The van der Waals surface area contributed by atoms with Gasteiger partial charge in [0.05, 0.1) is 11.6 Å². The number of methoxy groups -OCH3 is 1. The number of ether oxygens (including phenoxy) is 3. The van der Waals surface area contributed by atoms with Gasteiger partial charge in [0.2, 0.25) is 5.90 Å². The number of carbonyl (C=O) groups excluding carboxylic acids is 1. The average molecular weight is 549 g/mol. The molecule has 0 atom stereocenters. The van der Waals surface area contributed by atoms with Crippen molar-refractivity contribution in [1.82, 2.24) is 0 Å². The second-order valence-corrected chi connectivity index (χ2v) is 9.14. The fourth-order valence-corrected chi connectivity index (χ4v) is 4.41. The zero-order valence-electron chi connectivity index (χ0n) is 18.6. The number of aliphatic imine (C=N–C) groups is 1. The molecule has 5 rings (SSSR count). The van der Waals surface area contributed by atoms with Gasteiger partial charge in [-0.3, -0.25) is 0 Å². The van der Waals surface area contributed by atoms with Crippen LogP contribution in [0.1, 0.15) is 16.7 Å². The summed E-state index contributed by atoms with van der Waals surface area (Å²) in [7, 11) is 1.56. The first-order valence-electron chi connectivity index (χ1n) is 10.8. The molecule has 1 heterocycles. The standard InChI is InChI=1S/C28H19BrClNO4/c1-33-25-14-18(12-23(29)26(25)34-16-17-6-10-22(30)11-7-17)13-24-28(32)35-27(31-24)21-9-8-19-4-2-3-5-20(19)15-21/h2-15H,16H2,1H3/b24-13-. The van der Waals surface area contributed by atoms with E-state index in [2.05, 4.69) is 20.9 Å². The van der Waals surface area contributed by atoms with Gasteiger partial charge in [-0.25, -0.2) is 9.79 Å². The van der Waals surface area contributed by atoms with Crippen LogP contribution in [0.4, 0.5) is 0 Å². The highest BCUT2D eigenvalue weighted by Gasteiger charge is 2.24. The van der Waals surface area contributed by atoms with Crippen molar-refractivity contribution in [2.45, 2.75) is 6.61 Å². The molecule has 0 spiro atoms.